The lowest BCUT2D eigenvalue weighted by Crippen LogP contribution is -2.47. The molecule has 0 aliphatic rings. The first-order valence-electron chi connectivity index (χ1n) is 9.95. The van der Waals surface area contributed by atoms with Crippen LogP contribution >= 0.6 is 21.6 Å². The molecule has 0 heterocycles. The number of carboxylic acid groups (broad SMARTS) is 1. The van der Waals surface area contributed by atoms with Gasteiger partial charge < -0.3 is 20.1 Å². The van der Waals surface area contributed by atoms with Crippen LogP contribution in [0.25, 0.3) is 0 Å². The highest BCUT2D eigenvalue weighted by Gasteiger charge is 2.24. The van der Waals surface area contributed by atoms with Gasteiger partial charge in [-0.15, -0.1) is 0 Å². The lowest BCUT2D eigenvalue weighted by molar-refractivity contribution is -0.310. The third kappa shape index (κ3) is 10.6. The maximum atomic E-state index is 12.1. The highest BCUT2D eigenvalue weighted by atomic mass is 33.1. The largest absolute Gasteiger partial charge is 0.548 e. The number of carbonyl (C=O) groups excluding carboxylic acids is 3. The highest BCUT2D eigenvalue weighted by molar-refractivity contribution is 8.77. The Balaban J connectivity index is 4.13. The summed E-state index contributed by atoms with van der Waals surface area (Å²) in [5.74, 6) is -0.470. The maximum Gasteiger partial charge on any atom is 0.222 e. The molecule has 6 nitrogen and oxygen atoms in total. The first kappa shape index (κ1) is 27.1. The monoisotopic (exact) mass is 433 g/mol. The van der Waals surface area contributed by atoms with Crippen LogP contribution in [0.2, 0.25) is 0 Å². The zero-order chi connectivity index (χ0) is 22.0. The van der Waals surface area contributed by atoms with Crippen LogP contribution in [0.4, 0.5) is 0 Å². The molecule has 0 spiro atoms. The second-order valence-corrected chi connectivity index (χ2v) is 11.2. The molecule has 0 aromatic carbocycles. The van der Waals surface area contributed by atoms with E-state index in [1.807, 2.05) is 0 Å². The van der Waals surface area contributed by atoms with Gasteiger partial charge in [-0.05, 0) is 53.4 Å². The third-order valence-corrected chi connectivity index (χ3v) is 8.61. The van der Waals surface area contributed by atoms with Crippen molar-refractivity contribution >= 4 is 39.4 Å². The second kappa shape index (κ2) is 12.6. The lowest BCUT2D eigenvalue weighted by Gasteiger charge is -2.28. The van der Waals surface area contributed by atoms with Gasteiger partial charge in [-0.25, -0.2) is 0 Å². The molecule has 0 bridgehead atoms. The molecule has 8 heteroatoms. The minimum absolute atomic E-state index is 0.103. The van der Waals surface area contributed by atoms with Gasteiger partial charge in [0.15, 0.2) is 0 Å². The molecular weight excluding hydrogens is 396 g/mol. The Morgan fingerprint density at radius 2 is 1.68 bits per heavy atom. The molecule has 28 heavy (non-hydrogen) atoms. The van der Waals surface area contributed by atoms with Crippen molar-refractivity contribution in [3.05, 3.63) is 0 Å². The van der Waals surface area contributed by atoms with E-state index in [0.29, 0.717) is 19.3 Å². The van der Waals surface area contributed by atoms with Crippen molar-refractivity contribution < 1.29 is 19.5 Å². The van der Waals surface area contributed by atoms with Crippen LogP contribution in [-0.4, -0.2) is 51.8 Å². The number of hydrogen-bond acceptors (Lipinski definition) is 6. The molecule has 0 aliphatic carbocycles. The van der Waals surface area contributed by atoms with E-state index < -0.39 is 12.0 Å². The molecule has 0 aromatic rings. The highest BCUT2D eigenvalue weighted by Crippen LogP contribution is 2.39. The number of carboxylic acids is 1. The molecule has 0 radical (unpaired) electrons. The predicted octanol–water partition coefficient (Wildman–Crippen LogP) is 3.00. The van der Waals surface area contributed by atoms with Gasteiger partial charge in [0.2, 0.25) is 11.8 Å². The Hall–Kier alpha value is -0.890. The van der Waals surface area contributed by atoms with Gasteiger partial charge >= 0.3 is 0 Å². The van der Waals surface area contributed by atoms with E-state index in [9.17, 15) is 19.5 Å². The van der Waals surface area contributed by atoms with Crippen LogP contribution in [0, 0.1) is 0 Å². The molecule has 0 unspecified atom stereocenters. The summed E-state index contributed by atoms with van der Waals surface area (Å²) in [4.78, 5) is 36.3. The van der Waals surface area contributed by atoms with Crippen LogP contribution in [-0.2, 0) is 14.4 Å². The topological polar surface area (TPSA) is 89.5 Å². The van der Waals surface area contributed by atoms with Crippen molar-refractivity contribution in [1.29, 1.82) is 0 Å². The van der Waals surface area contributed by atoms with Crippen molar-refractivity contribution in [2.75, 3.05) is 12.8 Å². The molecule has 0 rings (SSSR count). The smallest absolute Gasteiger partial charge is 0.222 e. The van der Waals surface area contributed by atoms with Crippen LogP contribution in [0.5, 0.6) is 0 Å². The van der Waals surface area contributed by atoms with Crippen molar-refractivity contribution in [3.63, 3.8) is 0 Å². The molecule has 1 atom stereocenters. The van der Waals surface area contributed by atoms with E-state index in [2.05, 4.69) is 39.9 Å². The summed E-state index contributed by atoms with van der Waals surface area (Å²) < 4.78 is -0.114. The molecule has 0 aliphatic heterocycles. The third-order valence-electron chi connectivity index (χ3n) is 5.17. The summed E-state index contributed by atoms with van der Waals surface area (Å²) in [6.45, 7) is 11.8. The Kier molecular flexibility index (Phi) is 12.2. The fourth-order valence-corrected chi connectivity index (χ4v) is 4.98. The SMILES string of the molecule is CCC(C)(CC)NC(=O)CCCSSC(C)(C)CCC(=O)N(C)[C@@H](C)C(=O)[O-]. The minimum atomic E-state index is -1.25. The van der Waals surface area contributed by atoms with Crippen LogP contribution in [0.1, 0.15) is 80.1 Å². The predicted molar refractivity (Wildman–Crippen MR) is 117 cm³/mol. The van der Waals surface area contributed by atoms with Gasteiger partial charge in [0.05, 0.1) is 12.0 Å². The van der Waals surface area contributed by atoms with Gasteiger partial charge in [-0.2, -0.15) is 0 Å². The Morgan fingerprint density at radius 1 is 1.11 bits per heavy atom. The van der Waals surface area contributed by atoms with E-state index in [4.69, 9.17) is 0 Å². The summed E-state index contributed by atoms with van der Waals surface area (Å²) in [7, 11) is 4.91. The average Bonchev–Trinajstić information content (AvgIpc) is 2.64. The number of nitrogens with one attached hydrogen (secondary N) is 1. The fraction of sp³-hybridized carbons (Fsp3) is 0.850. The summed E-state index contributed by atoms with van der Waals surface area (Å²) in [5, 5.41) is 14.0. The molecule has 0 saturated heterocycles. The van der Waals surface area contributed by atoms with Crippen molar-refractivity contribution in [2.24, 2.45) is 0 Å². The Bertz CT molecular complexity index is 522. The minimum Gasteiger partial charge on any atom is -0.548 e. The molecule has 2 amide bonds. The number of aliphatic carboxylic acids is 1. The maximum absolute atomic E-state index is 12.1. The first-order valence-corrected chi connectivity index (χ1v) is 12.3. The molecule has 0 fully saturated rings. The van der Waals surface area contributed by atoms with E-state index in [0.717, 1.165) is 25.0 Å². The van der Waals surface area contributed by atoms with E-state index in [1.54, 1.807) is 21.6 Å². The zero-order valence-electron chi connectivity index (χ0n) is 18.4. The van der Waals surface area contributed by atoms with Gasteiger partial charge in [-0.1, -0.05) is 35.4 Å². The molecular formula is C20H37N2O4S2-. The van der Waals surface area contributed by atoms with E-state index in [1.165, 1.54) is 18.9 Å². The first-order chi connectivity index (χ1) is 12.9. The summed E-state index contributed by atoms with van der Waals surface area (Å²) in [6.07, 6.45) is 4.12. The van der Waals surface area contributed by atoms with Crippen molar-refractivity contribution in [1.82, 2.24) is 10.2 Å². The van der Waals surface area contributed by atoms with Gasteiger partial charge in [-0.3, -0.25) is 9.59 Å². The van der Waals surface area contributed by atoms with Crippen LogP contribution in [0.15, 0.2) is 0 Å². The standard InChI is InChI=1S/C20H38N2O4S2/c1-8-20(6,9-2)21-16(23)11-10-14-27-28-19(4,5)13-12-17(24)22(7)15(3)18(25)26/h15H,8-14H2,1-7H3,(H,21,23)(H,25,26)/p-1/t15-/m0/s1. The zero-order valence-corrected chi connectivity index (χ0v) is 20.1. The number of hydrogen-bond donors (Lipinski definition) is 1. The van der Waals surface area contributed by atoms with Crippen LogP contribution in [0.3, 0.4) is 0 Å². The Morgan fingerprint density at radius 3 is 2.18 bits per heavy atom. The number of nitrogens with zero attached hydrogens (tertiary/aromatic N) is 1. The van der Waals surface area contributed by atoms with Gasteiger partial charge in [0, 0.05) is 35.9 Å². The van der Waals surface area contributed by atoms with E-state index in [-0.39, 0.29) is 22.1 Å². The summed E-state index contributed by atoms with van der Waals surface area (Å²) in [5.41, 5.74) is -0.116. The van der Waals surface area contributed by atoms with Crippen LogP contribution < -0.4 is 10.4 Å². The molecule has 0 saturated carbocycles. The molecule has 164 valence electrons. The number of carbonyl (C=O) groups is 3. The Labute approximate surface area is 178 Å². The van der Waals surface area contributed by atoms with E-state index >= 15 is 0 Å². The normalized spacial score (nSPS) is 13.1. The summed E-state index contributed by atoms with van der Waals surface area (Å²) >= 11 is 0. The van der Waals surface area contributed by atoms with Gasteiger partial charge in [0.1, 0.15) is 0 Å². The number of likely N-dealkylation sites (N-methyl/N-ethyl adjacent to an activating group) is 1. The number of amides is 2. The lowest BCUT2D eigenvalue weighted by atomic mass is 9.95. The van der Waals surface area contributed by atoms with Crippen molar-refractivity contribution in [2.45, 2.75) is 96.4 Å². The quantitative estimate of drug-likeness (QED) is 0.335. The second-order valence-electron chi connectivity index (χ2n) is 8.08. The average molecular weight is 434 g/mol. The molecule has 0 aromatic heterocycles. The number of rotatable bonds is 14. The summed E-state index contributed by atoms with van der Waals surface area (Å²) in [6, 6.07) is -0.925. The van der Waals surface area contributed by atoms with Gasteiger partial charge in [0.25, 0.3) is 0 Å². The fourth-order valence-electron chi connectivity index (χ4n) is 2.32. The van der Waals surface area contributed by atoms with Crippen molar-refractivity contribution in [3.8, 4) is 0 Å². The molecule has 1 N–H and O–H groups in total.